The topological polar surface area (TPSA) is 55.2 Å². The Bertz CT molecular complexity index is 921. The number of hydrogen-bond acceptors (Lipinski definition) is 4. The van der Waals surface area contributed by atoms with E-state index in [4.69, 9.17) is 17.0 Å². The third-order valence-electron chi connectivity index (χ3n) is 3.92. The largest absolute Gasteiger partial charge is 0.497 e. The molecule has 1 N–H and O–H groups in total. The first-order chi connectivity index (χ1) is 12.1. The van der Waals surface area contributed by atoms with Crippen molar-refractivity contribution in [1.82, 2.24) is 14.9 Å². The van der Waals surface area contributed by atoms with Gasteiger partial charge in [-0.15, -0.1) is 0 Å². The minimum absolute atomic E-state index is 0.445. The van der Waals surface area contributed by atoms with Gasteiger partial charge in [-0.3, -0.25) is 0 Å². The van der Waals surface area contributed by atoms with Gasteiger partial charge < -0.3 is 4.74 Å². The summed E-state index contributed by atoms with van der Waals surface area (Å²) in [5.41, 5.74) is 3.21. The lowest BCUT2D eigenvalue weighted by atomic mass is 10.0. The van der Waals surface area contributed by atoms with Gasteiger partial charge in [-0.05, 0) is 53.5 Å². The monoisotopic (exact) mass is 352 g/mol. The van der Waals surface area contributed by atoms with Gasteiger partial charge in [0.2, 0.25) is 4.77 Å². The first-order valence-corrected chi connectivity index (χ1v) is 8.45. The van der Waals surface area contributed by atoms with Crippen LogP contribution in [-0.2, 0) is 0 Å². The molecule has 0 unspecified atom stereocenters. The average Bonchev–Trinajstić information content (AvgIpc) is 3.01. The number of rotatable bonds is 5. The summed E-state index contributed by atoms with van der Waals surface area (Å²) in [6, 6.07) is 15.9. The molecule has 3 rings (SSSR count). The number of methoxy groups -OCH3 is 1. The minimum atomic E-state index is 0.445. The van der Waals surface area contributed by atoms with Gasteiger partial charge in [0.15, 0.2) is 5.82 Å². The summed E-state index contributed by atoms with van der Waals surface area (Å²) in [5, 5.41) is 11.6. The van der Waals surface area contributed by atoms with Crippen LogP contribution in [0.15, 0.2) is 53.6 Å². The van der Waals surface area contributed by atoms with Crippen molar-refractivity contribution in [3.63, 3.8) is 0 Å². The zero-order valence-electron chi connectivity index (χ0n) is 14.4. The molecule has 0 radical (unpaired) electrons. The highest BCUT2D eigenvalue weighted by molar-refractivity contribution is 7.71. The molecular weight excluding hydrogens is 332 g/mol. The van der Waals surface area contributed by atoms with Gasteiger partial charge >= 0.3 is 0 Å². The number of H-pyrrole nitrogens is 1. The number of aromatic amines is 1. The van der Waals surface area contributed by atoms with Crippen molar-refractivity contribution in [2.24, 2.45) is 5.10 Å². The Kier molecular flexibility index (Phi) is 5.09. The SMILES string of the molecule is COc1ccc(-c2n[nH]c(=S)n2N=Cc2ccc(C(C)C)cc2)cc1. The van der Waals surface area contributed by atoms with E-state index in [9.17, 15) is 0 Å². The number of nitrogens with one attached hydrogen (secondary N) is 1. The predicted octanol–water partition coefficient (Wildman–Crippen LogP) is 4.62. The first-order valence-electron chi connectivity index (χ1n) is 8.04. The molecule has 0 aliphatic rings. The fourth-order valence-corrected chi connectivity index (χ4v) is 2.60. The zero-order chi connectivity index (χ0) is 17.8. The van der Waals surface area contributed by atoms with Crippen LogP contribution in [0.5, 0.6) is 5.75 Å². The van der Waals surface area contributed by atoms with Crippen LogP contribution in [0.3, 0.4) is 0 Å². The van der Waals surface area contributed by atoms with Crippen LogP contribution in [-0.4, -0.2) is 28.2 Å². The van der Waals surface area contributed by atoms with Crippen LogP contribution in [0.1, 0.15) is 30.9 Å². The molecule has 0 saturated carbocycles. The molecule has 0 fully saturated rings. The van der Waals surface area contributed by atoms with E-state index in [0.29, 0.717) is 16.5 Å². The van der Waals surface area contributed by atoms with Crippen molar-refractivity contribution in [3.05, 3.63) is 64.4 Å². The summed E-state index contributed by atoms with van der Waals surface area (Å²) in [5.74, 6) is 1.95. The van der Waals surface area contributed by atoms with Crippen molar-refractivity contribution >= 4 is 18.4 Å². The van der Waals surface area contributed by atoms with Crippen LogP contribution in [0.2, 0.25) is 0 Å². The molecule has 0 atom stereocenters. The number of aromatic nitrogens is 3. The summed E-state index contributed by atoms with van der Waals surface area (Å²) >= 11 is 5.30. The zero-order valence-corrected chi connectivity index (χ0v) is 15.2. The molecule has 1 heterocycles. The van der Waals surface area contributed by atoms with Crippen LogP contribution >= 0.6 is 12.2 Å². The number of benzene rings is 2. The van der Waals surface area contributed by atoms with Gasteiger partial charge in [0, 0.05) is 5.56 Å². The van der Waals surface area contributed by atoms with Crippen molar-refractivity contribution in [2.45, 2.75) is 19.8 Å². The Morgan fingerprint density at radius 2 is 1.80 bits per heavy atom. The molecule has 0 aliphatic heterocycles. The van der Waals surface area contributed by atoms with Crippen LogP contribution in [0, 0.1) is 4.77 Å². The number of hydrogen-bond donors (Lipinski definition) is 1. The molecule has 6 heteroatoms. The van der Waals surface area contributed by atoms with Gasteiger partial charge in [0.1, 0.15) is 5.75 Å². The van der Waals surface area contributed by atoms with Gasteiger partial charge in [-0.25, -0.2) is 5.10 Å². The Hall–Kier alpha value is -2.73. The molecule has 0 bridgehead atoms. The lowest BCUT2D eigenvalue weighted by Crippen LogP contribution is -1.95. The highest BCUT2D eigenvalue weighted by Crippen LogP contribution is 2.21. The van der Waals surface area contributed by atoms with Crippen LogP contribution in [0.4, 0.5) is 0 Å². The van der Waals surface area contributed by atoms with Gasteiger partial charge in [-0.2, -0.15) is 14.9 Å². The lowest BCUT2D eigenvalue weighted by Gasteiger charge is -2.05. The lowest BCUT2D eigenvalue weighted by molar-refractivity contribution is 0.415. The molecule has 3 aromatic rings. The van der Waals surface area contributed by atoms with Crippen LogP contribution < -0.4 is 4.74 Å². The fourth-order valence-electron chi connectivity index (χ4n) is 2.42. The van der Waals surface area contributed by atoms with Crippen LogP contribution in [0.25, 0.3) is 11.4 Å². The van der Waals surface area contributed by atoms with E-state index in [-0.39, 0.29) is 0 Å². The van der Waals surface area contributed by atoms with Crippen molar-refractivity contribution in [2.75, 3.05) is 7.11 Å². The first kappa shape index (κ1) is 17.1. The highest BCUT2D eigenvalue weighted by atomic mass is 32.1. The molecule has 0 spiro atoms. The van der Waals surface area contributed by atoms with E-state index >= 15 is 0 Å². The molecule has 0 aliphatic carbocycles. The standard InChI is InChI=1S/C19H20N4OS/c1-13(2)15-6-4-14(5-7-15)12-20-23-18(21-22-19(23)25)16-8-10-17(24-3)11-9-16/h4-13H,1-3H3,(H,22,25). The Morgan fingerprint density at radius 1 is 1.12 bits per heavy atom. The van der Waals surface area contributed by atoms with Gasteiger partial charge in [0.25, 0.3) is 0 Å². The quantitative estimate of drug-likeness (QED) is 0.538. The summed E-state index contributed by atoms with van der Waals surface area (Å²) in [6.45, 7) is 4.35. The molecule has 128 valence electrons. The summed E-state index contributed by atoms with van der Waals surface area (Å²) < 4.78 is 7.25. The third-order valence-corrected chi connectivity index (χ3v) is 4.19. The molecule has 5 nitrogen and oxygen atoms in total. The second-order valence-corrected chi connectivity index (χ2v) is 6.35. The Labute approximate surface area is 152 Å². The van der Waals surface area contributed by atoms with E-state index in [1.807, 2.05) is 24.3 Å². The minimum Gasteiger partial charge on any atom is -0.497 e. The van der Waals surface area contributed by atoms with E-state index < -0.39 is 0 Å². The predicted molar refractivity (Wildman–Crippen MR) is 103 cm³/mol. The maximum absolute atomic E-state index is 5.30. The second kappa shape index (κ2) is 7.44. The second-order valence-electron chi connectivity index (χ2n) is 5.96. The number of nitrogens with zero attached hydrogens (tertiary/aromatic N) is 3. The van der Waals surface area contributed by atoms with Crippen molar-refractivity contribution in [1.29, 1.82) is 0 Å². The highest BCUT2D eigenvalue weighted by Gasteiger charge is 2.08. The molecule has 2 aromatic carbocycles. The smallest absolute Gasteiger partial charge is 0.216 e. The molecular formula is C19H20N4OS. The fraction of sp³-hybridized carbons (Fsp3) is 0.211. The molecule has 25 heavy (non-hydrogen) atoms. The normalized spacial score (nSPS) is 11.4. The maximum Gasteiger partial charge on any atom is 0.216 e. The molecule has 0 saturated heterocycles. The Balaban J connectivity index is 1.89. The van der Waals surface area contributed by atoms with Crippen molar-refractivity contribution < 1.29 is 4.74 Å². The Morgan fingerprint density at radius 3 is 2.40 bits per heavy atom. The van der Waals surface area contributed by atoms with E-state index in [2.05, 4.69) is 53.4 Å². The van der Waals surface area contributed by atoms with E-state index in [1.165, 1.54) is 5.56 Å². The van der Waals surface area contributed by atoms with Gasteiger partial charge in [0.05, 0.1) is 13.3 Å². The third kappa shape index (κ3) is 3.85. The molecule has 0 amide bonds. The maximum atomic E-state index is 5.30. The summed E-state index contributed by atoms with van der Waals surface area (Å²) in [4.78, 5) is 0. The molecule has 1 aromatic heterocycles. The van der Waals surface area contributed by atoms with E-state index in [0.717, 1.165) is 16.9 Å². The number of ether oxygens (including phenoxy) is 1. The summed E-state index contributed by atoms with van der Waals surface area (Å²) in [6.07, 6.45) is 1.78. The van der Waals surface area contributed by atoms with Gasteiger partial charge in [-0.1, -0.05) is 38.1 Å². The van der Waals surface area contributed by atoms with Crippen molar-refractivity contribution in [3.8, 4) is 17.1 Å². The summed E-state index contributed by atoms with van der Waals surface area (Å²) in [7, 11) is 1.64. The van der Waals surface area contributed by atoms with E-state index in [1.54, 1.807) is 18.0 Å². The average molecular weight is 352 g/mol.